The summed E-state index contributed by atoms with van der Waals surface area (Å²) in [5.41, 5.74) is 17.4. The summed E-state index contributed by atoms with van der Waals surface area (Å²) < 4.78 is 11.5. The number of allylic oxidation sites excluding steroid dienone is 2. The Bertz CT molecular complexity index is 3290. The van der Waals surface area contributed by atoms with Gasteiger partial charge in [0.15, 0.2) is 40.2 Å². The van der Waals surface area contributed by atoms with E-state index in [1.54, 1.807) is 31.2 Å². The summed E-state index contributed by atoms with van der Waals surface area (Å²) >= 11 is 0. The molecule has 7 rings (SSSR count). The predicted molar refractivity (Wildman–Crippen MR) is 310 cm³/mol. The molecule has 0 unspecified atom stereocenters. The van der Waals surface area contributed by atoms with Gasteiger partial charge in [0.25, 0.3) is 5.56 Å². The average molecular weight is 1220 g/mol. The van der Waals surface area contributed by atoms with E-state index < -0.39 is 120 Å². The third-order valence-corrected chi connectivity index (χ3v) is 17.7. The fourth-order valence-corrected chi connectivity index (χ4v) is 12.9. The van der Waals surface area contributed by atoms with Gasteiger partial charge in [-0.2, -0.15) is 4.98 Å². The van der Waals surface area contributed by atoms with Gasteiger partial charge < -0.3 is 63.1 Å². The molecule has 2 fully saturated rings. The number of carboxylic acids is 2. The Balaban J connectivity index is 0.955. The van der Waals surface area contributed by atoms with Crippen molar-refractivity contribution in [3.8, 4) is 0 Å². The van der Waals surface area contributed by atoms with E-state index in [4.69, 9.17) is 31.8 Å². The summed E-state index contributed by atoms with van der Waals surface area (Å²) in [5.74, 6) is -10.1. The first kappa shape index (κ1) is 64.5. The summed E-state index contributed by atoms with van der Waals surface area (Å²) in [5, 5.41) is 31.0. The number of nitrogens with two attached hydrogens (primary N) is 3. The van der Waals surface area contributed by atoms with Gasteiger partial charge in [-0.05, 0) is 51.5 Å². The number of rotatable bonds is 34. The number of aliphatic imine (C=N–C) groups is 1. The number of Topliss-reactive ketones (excluding diaryl/α,β-unsaturated/α-hetero) is 5. The number of aromatic amines is 1. The van der Waals surface area contributed by atoms with Crippen molar-refractivity contribution in [2.75, 3.05) is 50.6 Å². The molecule has 28 nitrogen and oxygen atoms in total. The lowest BCUT2D eigenvalue weighted by Gasteiger charge is -2.39. The van der Waals surface area contributed by atoms with Crippen LogP contribution in [0.2, 0.25) is 0 Å². The van der Waals surface area contributed by atoms with Crippen LogP contribution in [0.3, 0.4) is 0 Å². The van der Waals surface area contributed by atoms with Crippen LogP contribution in [0.5, 0.6) is 0 Å². The Kier molecular flexibility index (Phi) is 21.7. The lowest BCUT2D eigenvalue weighted by molar-refractivity contribution is -0.156. The SMILES string of the molecule is CO[C@@]12[C@H](COC(C)=O)C3=C(C(=O)C(C)=C(NCCSSC[C@H](CC(=O)[C@H](CCCN=C(N)N)NC(=O)CC[C@H](CC(=O)c4ccc(CCc5cnc6nc(N)[nH]c(=O)c6n5)cc4)C(=O)O)C(=O)N[C@@H](C)C(=O)CCC(=O)O)C3=O)N1C[C@@H]1N[C@@H]12. The number of aryl methyl sites for hydroxylation is 2. The number of carboxylic acid groups (broad SMARTS) is 2. The second-order valence-corrected chi connectivity index (χ2v) is 23.7. The third-order valence-electron chi connectivity index (χ3n) is 15.2. The van der Waals surface area contributed by atoms with Crippen molar-refractivity contribution in [1.82, 2.24) is 46.1 Å². The van der Waals surface area contributed by atoms with Crippen molar-refractivity contribution in [3.05, 3.63) is 80.2 Å². The van der Waals surface area contributed by atoms with Crippen molar-refractivity contribution in [3.63, 3.8) is 0 Å². The van der Waals surface area contributed by atoms with Crippen LogP contribution in [0.4, 0.5) is 5.95 Å². The Morgan fingerprint density at radius 1 is 0.929 bits per heavy atom. The molecule has 3 aromatic rings. The molecule has 13 N–H and O–H groups in total. The van der Waals surface area contributed by atoms with Gasteiger partial charge in [0.05, 0.1) is 65.6 Å². The minimum absolute atomic E-state index is 0.00542. The molecule has 4 aliphatic rings. The highest BCUT2D eigenvalue weighted by molar-refractivity contribution is 8.76. The minimum atomic E-state index is -1.32. The van der Waals surface area contributed by atoms with Crippen LogP contribution in [0.25, 0.3) is 11.2 Å². The fourth-order valence-electron chi connectivity index (χ4n) is 10.7. The first-order chi connectivity index (χ1) is 40.4. The highest BCUT2D eigenvalue weighted by Crippen LogP contribution is 2.55. The number of carbonyl (C=O) groups excluding carboxylic acids is 8. The van der Waals surface area contributed by atoms with Crippen LogP contribution in [-0.4, -0.2) is 174 Å². The molecule has 0 spiro atoms. The normalized spacial score (nSPS) is 19.9. The van der Waals surface area contributed by atoms with Crippen molar-refractivity contribution in [1.29, 1.82) is 0 Å². The van der Waals surface area contributed by atoms with Crippen molar-refractivity contribution < 1.29 is 67.6 Å². The summed E-state index contributed by atoms with van der Waals surface area (Å²) in [6, 6.07) is 4.02. The number of aliphatic carboxylic acids is 2. The largest absolute Gasteiger partial charge is 0.481 e. The van der Waals surface area contributed by atoms with Gasteiger partial charge in [-0.25, -0.2) is 9.97 Å². The van der Waals surface area contributed by atoms with Crippen LogP contribution in [-0.2, 0) is 65.5 Å². The predicted octanol–water partition coefficient (Wildman–Crippen LogP) is 0.0292. The molecule has 456 valence electrons. The van der Waals surface area contributed by atoms with Gasteiger partial charge in [-0.1, -0.05) is 45.9 Å². The van der Waals surface area contributed by atoms with E-state index in [2.05, 4.69) is 46.2 Å². The zero-order valence-corrected chi connectivity index (χ0v) is 48.9. The summed E-state index contributed by atoms with van der Waals surface area (Å²) in [7, 11) is 3.96. The lowest BCUT2D eigenvalue weighted by Crippen LogP contribution is -2.55. The standard InChI is InChI=1S/C55H69N13O15S2/c1-26-43(47(77)42-34(24-83-28(3)69)55(82-4)48-36(65-48)23-68(55)45(42)46(26)76)59-18-19-84-85-25-32(50(78)62-27(2)37(70)14-16-41(74)75)21-39(72)35(6-5-17-60-53(56)57)64-40(73)15-12-31(52(80)81)20-38(71)30-10-7-29(8-11-30)9-13-33-22-61-49-44(63-33)51(79)67-54(58)66-49/h7-8,10-11,22,27,31-32,34-36,48,59,65H,5-6,9,12-21,23-25H2,1-4H3,(H,62,78)(H,64,73)(H,74,75)(H,80,81)(H4,56,57,60)(H3,58,61,66,67,79)/t27-,31+,32-,34+,35-,36-,48-,55+/m0/s1. The number of benzene rings is 1. The van der Waals surface area contributed by atoms with Gasteiger partial charge in [0, 0.05) is 93.6 Å². The molecule has 1 aromatic carbocycles. The van der Waals surface area contributed by atoms with Gasteiger partial charge in [-0.3, -0.25) is 62.7 Å². The number of nitrogens with zero attached hydrogens (tertiary/aromatic N) is 5. The number of hydrogen-bond acceptors (Lipinski definition) is 23. The van der Waals surface area contributed by atoms with Gasteiger partial charge in [-0.15, -0.1) is 0 Å². The maximum Gasteiger partial charge on any atom is 0.306 e. The van der Waals surface area contributed by atoms with Crippen molar-refractivity contribution in [2.24, 2.45) is 34.2 Å². The molecule has 0 radical (unpaired) electrons. The second-order valence-electron chi connectivity index (χ2n) is 21.0. The molecule has 85 heavy (non-hydrogen) atoms. The molecule has 0 saturated carbocycles. The number of hydrogen-bond donors (Lipinski definition) is 10. The smallest absolute Gasteiger partial charge is 0.306 e. The minimum Gasteiger partial charge on any atom is -0.481 e. The number of H-pyrrole nitrogens is 1. The molecule has 3 aliphatic heterocycles. The average Bonchev–Trinajstić information content (AvgIpc) is 1.67. The van der Waals surface area contributed by atoms with Gasteiger partial charge >= 0.3 is 17.9 Å². The number of carbonyl (C=O) groups is 10. The van der Waals surface area contributed by atoms with E-state index in [0.29, 0.717) is 30.8 Å². The Morgan fingerprint density at radius 3 is 2.35 bits per heavy atom. The highest BCUT2D eigenvalue weighted by Gasteiger charge is 2.72. The molecule has 2 amide bonds. The number of methoxy groups -OCH3 is 1. The molecule has 1 aliphatic carbocycles. The maximum atomic E-state index is 14.3. The number of nitrogen functional groups attached to an aromatic ring is 1. The highest BCUT2D eigenvalue weighted by atomic mass is 33.1. The number of ether oxygens (including phenoxy) is 2. The molecule has 30 heteroatoms. The summed E-state index contributed by atoms with van der Waals surface area (Å²) in [6.45, 7) is 4.66. The molecule has 5 heterocycles. The van der Waals surface area contributed by atoms with Crippen LogP contribution in [0.1, 0.15) is 93.8 Å². The lowest BCUT2D eigenvalue weighted by atomic mass is 9.82. The molecular formula is C55H69N13O15S2. The number of aromatic nitrogens is 4. The number of piperazine rings is 1. The van der Waals surface area contributed by atoms with Crippen LogP contribution in [0.15, 0.2) is 62.8 Å². The van der Waals surface area contributed by atoms with Crippen LogP contribution < -0.4 is 44.0 Å². The van der Waals surface area contributed by atoms with Gasteiger partial charge in [0.2, 0.25) is 29.3 Å². The van der Waals surface area contributed by atoms with Gasteiger partial charge in [0.1, 0.15) is 6.61 Å². The van der Waals surface area contributed by atoms with E-state index in [-0.39, 0.29) is 120 Å². The summed E-state index contributed by atoms with van der Waals surface area (Å²) in [4.78, 5) is 165. The number of esters is 1. The molecule has 2 aromatic heterocycles. The maximum absolute atomic E-state index is 14.3. The number of anilines is 1. The molecular weight excluding hydrogens is 1150 g/mol. The van der Waals surface area contributed by atoms with Crippen LogP contribution in [0, 0.1) is 17.8 Å². The first-order valence-electron chi connectivity index (χ1n) is 27.5. The Hall–Kier alpha value is -8.09. The van der Waals surface area contributed by atoms with Crippen LogP contribution >= 0.6 is 21.6 Å². The number of nitrogens with one attached hydrogen (secondary N) is 5. The first-order valence-corrected chi connectivity index (χ1v) is 30.0. The number of guanidine groups is 1. The van der Waals surface area contributed by atoms with E-state index in [9.17, 15) is 57.8 Å². The number of amides is 2. The number of fused-ring (bicyclic) bond motifs is 5. The second kappa shape index (κ2) is 28.7. The van der Waals surface area contributed by atoms with Crippen molar-refractivity contribution >= 4 is 103 Å². The topological polar surface area (TPSA) is 453 Å². The van der Waals surface area contributed by atoms with E-state index >= 15 is 0 Å². The fraction of sp³-hybridized carbons (Fsp3) is 0.509. The van der Waals surface area contributed by atoms with E-state index in [1.165, 1.54) is 48.7 Å². The third kappa shape index (κ3) is 15.8. The Morgan fingerprint density at radius 2 is 1.67 bits per heavy atom. The van der Waals surface area contributed by atoms with E-state index in [1.807, 2.05) is 4.90 Å². The monoisotopic (exact) mass is 1220 g/mol. The number of ketones is 5. The summed E-state index contributed by atoms with van der Waals surface area (Å²) in [6.07, 6.45) is 0.130. The Labute approximate surface area is 494 Å². The zero-order valence-electron chi connectivity index (χ0n) is 47.2. The quantitative estimate of drug-likeness (QED) is 0.00551. The van der Waals surface area contributed by atoms with E-state index in [0.717, 1.165) is 5.56 Å². The zero-order chi connectivity index (χ0) is 61.9. The van der Waals surface area contributed by atoms with Crippen molar-refractivity contribution in [2.45, 2.75) is 115 Å². The molecule has 2 saturated heterocycles. The molecule has 0 bridgehead atoms. The molecule has 8 atom stereocenters.